The van der Waals surface area contributed by atoms with Crippen LogP contribution in [0.15, 0.2) is 48.5 Å². The van der Waals surface area contributed by atoms with E-state index >= 15 is 0 Å². The van der Waals surface area contributed by atoms with Gasteiger partial charge in [-0.25, -0.2) is 9.59 Å². The Morgan fingerprint density at radius 2 is 1.00 bits per heavy atom. The molecule has 0 radical (unpaired) electrons. The minimum Gasteiger partial charge on any atom is -0.468 e. The molecule has 0 bridgehead atoms. The first-order valence-corrected chi connectivity index (χ1v) is 13.1. The molecule has 4 heterocycles. The zero-order valence-corrected chi connectivity index (χ0v) is 21.6. The second kappa shape index (κ2) is 12.5. The van der Waals surface area contributed by atoms with Gasteiger partial charge in [-0.2, -0.15) is 0 Å². The van der Waals surface area contributed by atoms with Crippen LogP contribution in [0.5, 0.6) is 11.5 Å². The highest BCUT2D eigenvalue weighted by molar-refractivity contribution is 5.90. The minimum atomic E-state index is -0.625. The maximum Gasteiger partial charge on any atom is 0.338 e. The van der Waals surface area contributed by atoms with Gasteiger partial charge in [0.25, 0.3) is 0 Å². The van der Waals surface area contributed by atoms with Gasteiger partial charge < -0.3 is 47.4 Å². The molecule has 12 heteroatoms. The fraction of sp³-hybridized carbons (Fsp3) is 0.500. The zero-order chi connectivity index (χ0) is 27.3. The van der Waals surface area contributed by atoms with Gasteiger partial charge in [0.2, 0.25) is 0 Å². The van der Waals surface area contributed by atoms with E-state index in [1.165, 1.54) is 0 Å². The molecule has 0 spiro atoms. The van der Waals surface area contributed by atoms with Crippen molar-refractivity contribution in [1.82, 2.24) is 0 Å². The van der Waals surface area contributed by atoms with Crippen molar-refractivity contribution in [2.75, 3.05) is 53.2 Å². The van der Waals surface area contributed by atoms with E-state index in [0.29, 0.717) is 35.8 Å². The molecule has 0 N–H and O–H groups in total. The third kappa shape index (κ3) is 7.08. The van der Waals surface area contributed by atoms with E-state index in [9.17, 15) is 9.59 Å². The first-order valence-electron chi connectivity index (χ1n) is 13.1. The molecule has 6 unspecified atom stereocenters. The third-order valence-electron chi connectivity index (χ3n) is 6.69. The Morgan fingerprint density at radius 3 is 1.38 bits per heavy atom. The fourth-order valence-electron chi connectivity index (χ4n) is 4.32. The Kier molecular flexibility index (Phi) is 8.42. The summed E-state index contributed by atoms with van der Waals surface area (Å²) in [5.41, 5.74) is 0.722. The molecular weight excluding hydrogens is 528 g/mol. The van der Waals surface area contributed by atoms with Crippen molar-refractivity contribution in [2.45, 2.75) is 36.6 Å². The Hall–Kier alpha value is -3.26. The number of esters is 2. The summed E-state index contributed by atoms with van der Waals surface area (Å²) in [4.78, 5) is 25.4. The normalized spacial score (nSPS) is 28.0. The lowest BCUT2D eigenvalue weighted by molar-refractivity contribution is -0.0287. The molecule has 0 aliphatic carbocycles. The Morgan fingerprint density at radius 1 is 0.600 bits per heavy atom. The molecule has 0 saturated carbocycles. The molecule has 4 aliphatic rings. The number of benzene rings is 2. The van der Waals surface area contributed by atoms with Crippen molar-refractivity contribution in [3.63, 3.8) is 0 Å². The zero-order valence-electron chi connectivity index (χ0n) is 21.6. The maximum atomic E-state index is 12.7. The lowest BCUT2D eigenvalue weighted by Crippen LogP contribution is -2.36. The number of carbonyl (C=O) groups excluding carboxylic acids is 2. The predicted octanol–water partition coefficient (Wildman–Crippen LogP) is 1.74. The van der Waals surface area contributed by atoms with Gasteiger partial charge >= 0.3 is 11.9 Å². The van der Waals surface area contributed by atoms with Crippen LogP contribution in [0.4, 0.5) is 0 Å². The molecule has 0 aromatic heterocycles. The summed E-state index contributed by atoms with van der Waals surface area (Å²) >= 11 is 0. The standard InChI is InChI=1S/C28H30O12/c29-27(17-1-5-19(6-2-17)37-15-31-9-21-11-33-21)39-23-13-35-26-24(14-36-25(23)26)40-28(30)18-3-7-20(8-4-18)38-16-32-10-22-12-34-22/h1-8,21-26H,9-16H2. The molecule has 2 aromatic carbocycles. The average molecular weight is 559 g/mol. The van der Waals surface area contributed by atoms with Gasteiger partial charge in [-0.3, -0.25) is 0 Å². The first-order chi connectivity index (χ1) is 19.6. The number of hydrogen-bond donors (Lipinski definition) is 0. The van der Waals surface area contributed by atoms with Crippen molar-refractivity contribution in [3.05, 3.63) is 59.7 Å². The molecule has 6 rings (SSSR count). The smallest absolute Gasteiger partial charge is 0.338 e. The molecule has 214 valence electrons. The molecule has 2 aromatic rings. The average Bonchev–Trinajstić information content (AvgIpc) is 3.90. The van der Waals surface area contributed by atoms with E-state index in [0.717, 1.165) is 13.2 Å². The topological polar surface area (TPSA) is 133 Å². The SMILES string of the molecule is O=C(OC1COC2C(OC(=O)c3ccc(OCOCC4CO4)cc3)COC12)c1ccc(OCOCC2CO2)cc1. The van der Waals surface area contributed by atoms with E-state index in [-0.39, 0.29) is 39.0 Å². The monoisotopic (exact) mass is 558 g/mol. The Bertz CT molecular complexity index is 1050. The van der Waals surface area contributed by atoms with Gasteiger partial charge in [-0.1, -0.05) is 0 Å². The number of rotatable bonds is 14. The van der Waals surface area contributed by atoms with Gasteiger partial charge in [-0.15, -0.1) is 0 Å². The van der Waals surface area contributed by atoms with Gasteiger partial charge in [0.05, 0.1) is 50.8 Å². The maximum absolute atomic E-state index is 12.7. The van der Waals surface area contributed by atoms with Crippen LogP contribution in [0.3, 0.4) is 0 Å². The highest BCUT2D eigenvalue weighted by atomic mass is 16.7. The summed E-state index contributed by atoms with van der Waals surface area (Å²) in [7, 11) is 0. The number of carbonyl (C=O) groups is 2. The minimum absolute atomic E-state index is 0.0984. The summed E-state index contributed by atoms with van der Waals surface area (Å²) < 4.78 is 54.7. The van der Waals surface area contributed by atoms with Gasteiger partial charge in [0.15, 0.2) is 25.8 Å². The second-order valence-electron chi connectivity index (χ2n) is 9.71. The highest BCUT2D eigenvalue weighted by Gasteiger charge is 2.51. The van der Waals surface area contributed by atoms with E-state index < -0.39 is 36.4 Å². The van der Waals surface area contributed by atoms with Crippen LogP contribution in [-0.4, -0.2) is 102 Å². The van der Waals surface area contributed by atoms with Gasteiger partial charge in [-0.05, 0) is 48.5 Å². The lowest BCUT2D eigenvalue weighted by atomic mass is 10.1. The van der Waals surface area contributed by atoms with E-state index in [2.05, 4.69) is 0 Å². The van der Waals surface area contributed by atoms with Crippen molar-refractivity contribution < 1.29 is 57.0 Å². The molecule has 12 nitrogen and oxygen atoms in total. The number of epoxide rings is 2. The van der Waals surface area contributed by atoms with Crippen molar-refractivity contribution in [1.29, 1.82) is 0 Å². The summed E-state index contributed by atoms with van der Waals surface area (Å²) in [6.45, 7) is 2.91. The van der Waals surface area contributed by atoms with Crippen LogP contribution in [0.2, 0.25) is 0 Å². The summed E-state index contributed by atoms with van der Waals surface area (Å²) in [6, 6.07) is 13.1. The molecule has 6 atom stereocenters. The predicted molar refractivity (Wildman–Crippen MR) is 133 cm³/mol. The number of hydrogen-bond acceptors (Lipinski definition) is 12. The van der Waals surface area contributed by atoms with Crippen LogP contribution in [-0.2, 0) is 37.9 Å². The molecule has 4 saturated heterocycles. The van der Waals surface area contributed by atoms with Crippen molar-refractivity contribution in [2.24, 2.45) is 0 Å². The van der Waals surface area contributed by atoms with E-state index in [1.807, 2.05) is 0 Å². The largest absolute Gasteiger partial charge is 0.468 e. The first kappa shape index (κ1) is 26.9. The fourth-order valence-corrected chi connectivity index (χ4v) is 4.32. The van der Waals surface area contributed by atoms with Crippen LogP contribution >= 0.6 is 0 Å². The summed E-state index contributed by atoms with van der Waals surface area (Å²) in [5.74, 6) is 0.106. The quantitative estimate of drug-likeness (QED) is 0.145. The van der Waals surface area contributed by atoms with Gasteiger partial charge in [0.1, 0.15) is 35.9 Å². The van der Waals surface area contributed by atoms with Crippen molar-refractivity contribution >= 4 is 11.9 Å². The Labute approximate surface area is 230 Å². The van der Waals surface area contributed by atoms with Gasteiger partial charge in [0, 0.05) is 0 Å². The second-order valence-corrected chi connectivity index (χ2v) is 9.71. The third-order valence-corrected chi connectivity index (χ3v) is 6.69. The Balaban J connectivity index is 0.933. The summed E-state index contributed by atoms with van der Waals surface area (Å²) in [6.07, 6.45) is -1.98. The van der Waals surface area contributed by atoms with Crippen molar-refractivity contribution in [3.8, 4) is 11.5 Å². The van der Waals surface area contributed by atoms with E-state index in [4.69, 9.17) is 47.4 Å². The molecule has 0 amide bonds. The van der Waals surface area contributed by atoms with Crippen LogP contribution in [0.25, 0.3) is 0 Å². The molecular formula is C28H30O12. The summed E-state index contributed by atoms with van der Waals surface area (Å²) in [5, 5.41) is 0. The van der Waals surface area contributed by atoms with Crippen LogP contribution in [0.1, 0.15) is 20.7 Å². The molecule has 4 fully saturated rings. The van der Waals surface area contributed by atoms with Crippen LogP contribution < -0.4 is 9.47 Å². The number of fused-ring (bicyclic) bond motifs is 1. The lowest BCUT2D eigenvalue weighted by Gasteiger charge is -2.17. The van der Waals surface area contributed by atoms with E-state index in [1.54, 1.807) is 48.5 Å². The molecule has 4 aliphatic heterocycles. The van der Waals surface area contributed by atoms with Crippen LogP contribution in [0, 0.1) is 0 Å². The molecule has 40 heavy (non-hydrogen) atoms. The highest BCUT2D eigenvalue weighted by Crippen LogP contribution is 2.32. The number of ether oxygens (including phenoxy) is 10.